The van der Waals surface area contributed by atoms with Crippen LogP contribution in [0, 0.1) is 5.92 Å². The number of aromatic nitrogens is 1. The third-order valence-corrected chi connectivity index (χ3v) is 6.56. The predicted molar refractivity (Wildman–Crippen MR) is 111 cm³/mol. The number of carbonyl (C=O) groups is 2. The molecule has 2 aliphatic heterocycles. The molecule has 0 aliphatic carbocycles. The van der Waals surface area contributed by atoms with Crippen LogP contribution in [0.25, 0.3) is 0 Å². The predicted octanol–water partition coefficient (Wildman–Crippen LogP) is 2.76. The highest BCUT2D eigenvalue weighted by Gasteiger charge is 2.27. The molecule has 1 aromatic heterocycles. The molecule has 1 N–H and O–H groups in total. The van der Waals surface area contributed by atoms with E-state index >= 15 is 0 Å². The van der Waals surface area contributed by atoms with Crippen LogP contribution in [0.15, 0.2) is 12.1 Å². The summed E-state index contributed by atoms with van der Waals surface area (Å²) in [6, 6.07) is 4.27. The molecule has 1 aromatic rings. The Bertz CT molecular complexity index is 663. The molecule has 0 saturated carbocycles. The van der Waals surface area contributed by atoms with Gasteiger partial charge in [0.25, 0.3) is 5.91 Å². The lowest BCUT2D eigenvalue weighted by molar-refractivity contribution is -0.133. The molecule has 0 aromatic carbocycles. The first-order chi connectivity index (χ1) is 13.5. The number of amides is 2. The van der Waals surface area contributed by atoms with E-state index in [0.29, 0.717) is 24.1 Å². The van der Waals surface area contributed by atoms with Gasteiger partial charge in [-0.25, -0.2) is 0 Å². The van der Waals surface area contributed by atoms with E-state index in [1.165, 1.54) is 0 Å². The summed E-state index contributed by atoms with van der Waals surface area (Å²) in [6.45, 7) is 5.81. The van der Waals surface area contributed by atoms with Crippen molar-refractivity contribution < 1.29 is 9.59 Å². The van der Waals surface area contributed by atoms with Crippen LogP contribution in [-0.2, 0) is 11.2 Å². The largest absolute Gasteiger partial charge is 0.354 e. The molecule has 0 bridgehead atoms. The maximum Gasteiger partial charge on any atom is 0.270 e. The Morgan fingerprint density at radius 3 is 2.61 bits per heavy atom. The smallest absolute Gasteiger partial charge is 0.270 e. The van der Waals surface area contributed by atoms with Crippen LogP contribution in [0.3, 0.4) is 0 Å². The van der Waals surface area contributed by atoms with Gasteiger partial charge in [-0.1, -0.05) is 6.92 Å². The van der Waals surface area contributed by atoms with Crippen molar-refractivity contribution in [3.63, 3.8) is 0 Å². The second-order valence-electron chi connectivity index (χ2n) is 8.59. The molecule has 3 rings (SSSR count). The summed E-state index contributed by atoms with van der Waals surface area (Å²) in [5, 5.41) is 0. The summed E-state index contributed by atoms with van der Waals surface area (Å²) in [5.74, 6) is 0.780. The van der Waals surface area contributed by atoms with Crippen molar-refractivity contribution >= 4 is 11.8 Å². The topological polar surface area (TPSA) is 59.7 Å². The number of H-pyrrole nitrogens is 1. The van der Waals surface area contributed by atoms with Gasteiger partial charge in [-0.2, -0.15) is 0 Å². The fourth-order valence-electron chi connectivity index (χ4n) is 4.52. The highest BCUT2D eigenvalue weighted by Crippen LogP contribution is 2.24. The number of likely N-dealkylation sites (tertiary alicyclic amines) is 2. The van der Waals surface area contributed by atoms with Gasteiger partial charge in [0.05, 0.1) is 0 Å². The van der Waals surface area contributed by atoms with E-state index in [9.17, 15) is 9.59 Å². The van der Waals surface area contributed by atoms with E-state index in [4.69, 9.17) is 0 Å². The van der Waals surface area contributed by atoms with Crippen LogP contribution in [0.4, 0.5) is 0 Å². The Labute approximate surface area is 169 Å². The van der Waals surface area contributed by atoms with E-state index in [0.717, 1.165) is 70.4 Å². The average molecular weight is 389 g/mol. The maximum absolute atomic E-state index is 12.8. The van der Waals surface area contributed by atoms with Crippen molar-refractivity contribution in [2.24, 2.45) is 5.92 Å². The summed E-state index contributed by atoms with van der Waals surface area (Å²) < 4.78 is 0. The minimum atomic E-state index is 0.0965. The fourth-order valence-corrected chi connectivity index (χ4v) is 4.52. The number of aryl methyl sites for hydroxylation is 1. The lowest BCUT2D eigenvalue weighted by Gasteiger charge is -2.36. The van der Waals surface area contributed by atoms with Crippen LogP contribution in [0.5, 0.6) is 0 Å². The molecule has 2 amide bonds. The van der Waals surface area contributed by atoms with E-state index < -0.39 is 0 Å². The first-order valence-electron chi connectivity index (χ1n) is 10.9. The summed E-state index contributed by atoms with van der Waals surface area (Å²) in [7, 11) is 4.11. The van der Waals surface area contributed by atoms with Crippen molar-refractivity contribution in [2.45, 2.75) is 57.9 Å². The SMILES string of the molecule is CCc1ccc(C(=O)N2CCCC(CCC(=O)N(C)C3CCN(C)CC3)C2)[nH]1. The quantitative estimate of drug-likeness (QED) is 0.815. The molecule has 3 heterocycles. The lowest BCUT2D eigenvalue weighted by atomic mass is 9.92. The number of hydrogen-bond acceptors (Lipinski definition) is 3. The summed E-state index contributed by atoms with van der Waals surface area (Å²) in [6.07, 6.45) is 6.66. The van der Waals surface area contributed by atoms with Gasteiger partial charge in [-0.15, -0.1) is 0 Å². The van der Waals surface area contributed by atoms with E-state index in [1.807, 2.05) is 29.0 Å². The fraction of sp³-hybridized carbons (Fsp3) is 0.727. The van der Waals surface area contributed by atoms with Gasteiger partial charge >= 0.3 is 0 Å². The third kappa shape index (κ3) is 5.16. The standard InChI is InChI=1S/C22H36N4O2/c1-4-18-8-9-20(23-18)22(28)26-13-5-6-17(16-26)7-10-21(27)25(3)19-11-14-24(2)15-12-19/h8-9,17,19,23H,4-7,10-16H2,1-3H3. The Hall–Kier alpha value is -1.82. The molecule has 6 heteroatoms. The van der Waals surface area contributed by atoms with Crippen LogP contribution in [0.1, 0.15) is 61.6 Å². The summed E-state index contributed by atoms with van der Waals surface area (Å²) >= 11 is 0. The van der Waals surface area contributed by atoms with Crippen molar-refractivity contribution in [3.8, 4) is 0 Å². The molecule has 156 valence electrons. The highest BCUT2D eigenvalue weighted by atomic mass is 16.2. The molecule has 2 fully saturated rings. The Morgan fingerprint density at radius 2 is 1.93 bits per heavy atom. The zero-order valence-corrected chi connectivity index (χ0v) is 17.7. The number of aromatic amines is 1. The van der Waals surface area contributed by atoms with E-state index in [1.54, 1.807) is 0 Å². The molecule has 0 radical (unpaired) electrons. The Morgan fingerprint density at radius 1 is 1.18 bits per heavy atom. The monoisotopic (exact) mass is 388 g/mol. The first-order valence-corrected chi connectivity index (χ1v) is 10.9. The lowest BCUT2D eigenvalue weighted by Crippen LogP contribution is -2.45. The van der Waals surface area contributed by atoms with Gasteiger partial charge in [0.2, 0.25) is 5.91 Å². The normalized spacial score (nSPS) is 21.7. The minimum absolute atomic E-state index is 0.0965. The zero-order valence-electron chi connectivity index (χ0n) is 17.7. The number of hydrogen-bond donors (Lipinski definition) is 1. The van der Waals surface area contributed by atoms with Crippen LogP contribution < -0.4 is 0 Å². The summed E-state index contributed by atoms with van der Waals surface area (Å²) in [5.41, 5.74) is 1.79. The number of nitrogens with zero attached hydrogens (tertiary/aromatic N) is 3. The maximum atomic E-state index is 12.8. The molecule has 2 aliphatic rings. The molecule has 1 atom stereocenters. The van der Waals surface area contributed by atoms with Gasteiger partial charge in [-0.3, -0.25) is 9.59 Å². The molecule has 2 saturated heterocycles. The second-order valence-corrected chi connectivity index (χ2v) is 8.59. The Balaban J connectivity index is 1.46. The van der Waals surface area contributed by atoms with Crippen molar-refractivity contribution in [1.82, 2.24) is 19.7 Å². The number of piperidine rings is 2. The average Bonchev–Trinajstić information content (AvgIpc) is 3.21. The van der Waals surface area contributed by atoms with E-state index in [2.05, 4.69) is 23.9 Å². The third-order valence-electron chi connectivity index (χ3n) is 6.56. The van der Waals surface area contributed by atoms with Gasteiger partial charge in [0.15, 0.2) is 0 Å². The van der Waals surface area contributed by atoms with Crippen molar-refractivity contribution in [3.05, 3.63) is 23.5 Å². The van der Waals surface area contributed by atoms with Gasteiger partial charge < -0.3 is 19.7 Å². The molecule has 0 spiro atoms. The molecule has 28 heavy (non-hydrogen) atoms. The van der Waals surface area contributed by atoms with Gasteiger partial charge in [-0.05, 0) is 76.7 Å². The van der Waals surface area contributed by atoms with Gasteiger partial charge in [0, 0.05) is 38.3 Å². The molecular weight excluding hydrogens is 352 g/mol. The number of nitrogens with one attached hydrogen (secondary N) is 1. The highest BCUT2D eigenvalue weighted by molar-refractivity contribution is 5.92. The minimum Gasteiger partial charge on any atom is -0.354 e. The zero-order chi connectivity index (χ0) is 20.1. The summed E-state index contributed by atoms with van der Waals surface area (Å²) in [4.78, 5) is 34.9. The van der Waals surface area contributed by atoms with E-state index in [-0.39, 0.29) is 11.8 Å². The van der Waals surface area contributed by atoms with Crippen LogP contribution in [0.2, 0.25) is 0 Å². The molecular formula is C22H36N4O2. The van der Waals surface area contributed by atoms with Crippen LogP contribution >= 0.6 is 0 Å². The number of carbonyl (C=O) groups excluding carboxylic acids is 2. The van der Waals surface area contributed by atoms with Gasteiger partial charge in [0.1, 0.15) is 5.69 Å². The van der Waals surface area contributed by atoms with Crippen molar-refractivity contribution in [2.75, 3.05) is 40.3 Å². The molecule has 6 nitrogen and oxygen atoms in total. The number of rotatable bonds is 6. The molecule has 1 unspecified atom stereocenters. The second kappa shape index (κ2) is 9.59. The van der Waals surface area contributed by atoms with Crippen LogP contribution in [-0.4, -0.2) is 77.8 Å². The first kappa shape index (κ1) is 20.9. The van der Waals surface area contributed by atoms with Crippen molar-refractivity contribution in [1.29, 1.82) is 0 Å². The Kier molecular flexibility index (Phi) is 7.16.